The number of nitrogens with one attached hydrogen (secondary N) is 1. The van der Waals surface area contributed by atoms with Gasteiger partial charge in [-0.3, -0.25) is 4.79 Å². The van der Waals surface area contributed by atoms with Crippen LogP contribution in [-0.2, 0) is 4.79 Å². The number of fused-ring (bicyclic) bond motifs is 1. The van der Waals surface area contributed by atoms with E-state index in [-0.39, 0.29) is 35.1 Å². The van der Waals surface area contributed by atoms with Crippen molar-refractivity contribution in [3.63, 3.8) is 0 Å². The Morgan fingerprint density at radius 3 is 2.37 bits per heavy atom. The molecule has 1 saturated heterocycles. The summed E-state index contributed by atoms with van der Waals surface area (Å²) in [6.45, 7) is 4.22. The van der Waals surface area contributed by atoms with Crippen molar-refractivity contribution >= 4 is 40.7 Å². The molecule has 2 fully saturated rings. The van der Waals surface area contributed by atoms with E-state index in [1.54, 1.807) is 0 Å². The first-order valence-electron chi connectivity index (χ1n) is 9.32. The number of halogens is 3. The number of carbonyl (C=O) groups is 1. The third-order valence-corrected chi connectivity index (χ3v) is 7.38. The highest BCUT2D eigenvalue weighted by Gasteiger charge is 2.57. The van der Waals surface area contributed by atoms with Crippen molar-refractivity contribution in [1.82, 2.24) is 5.32 Å². The van der Waals surface area contributed by atoms with Gasteiger partial charge in [-0.1, -0.05) is 59.9 Å². The number of carbonyl (C=O) groups excluding carboxylic acids is 1. The second-order valence-corrected chi connectivity index (χ2v) is 9.37. The maximum Gasteiger partial charge on any atom is 0.226 e. The van der Waals surface area contributed by atoms with Crippen molar-refractivity contribution in [2.75, 3.05) is 0 Å². The number of hydrogen-bond donors (Lipinski definition) is 1. The van der Waals surface area contributed by atoms with Crippen LogP contribution in [0.2, 0.25) is 15.1 Å². The summed E-state index contributed by atoms with van der Waals surface area (Å²) in [4.78, 5) is 12.8. The van der Waals surface area contributed by atoms with E-state index in [2.05, 4.69) is 31.3 Å². The van der Waals surface area contributed by atoms with Gasteiger partial charge in [0.2, 0.25) is 5.91 Å². The molecule has 1 aliphatic heterocycles. The number of amides is 1. The minimum absolute atomic E-state index is 0.108. The molecule has 0 spiro atoms. The van der Waals surface area contributed by atoms with E-state index in [4.69, 9.17) is 34.8 Å². The van der Waals surface area contributed by atoms with E-state index in [0.29, 0.717) is 15.1 Å². The fourth-order valence-electron chi connectivity index (χ4n) is 5.31. The molecule has 2 nitrogen and oxygen atoms in total. The standard InChI is InChI=1S/C22H22Cl3NO/c1-12-20-19(13-3-5-14(23)6-4-13)17(9-10-22(20,2)21(27)26-12)16-8-7-15(24)11-18(16)25/h3-8,11-12,17,19-20H,9-10H2,1-2H3,(H,26,27). The van der Waals surface area contributed by atoms with Gasteiger partial charge in [-0.25, -0.2) is 0 Å². The molecule has 2 aromatic carbocycles. The molecule has 0 bridgehead atoms. The molecule has 5 unspecified atom stereocenters. The summed E-state index contributed by atoms with van der Waals surface area (Å²) in [5, 5.41) is 5.23. The van der Waals surface area contributed by atoms with Gasteiger partial charge in [-0.05, 0) is 67.0 Å². The molecule has 5 heteroatoms. The van der Waals surface area contributed by atoms with Crippen molar-refractivity contribution in [2.24, 2.45) is 11.3 Å². The quantitative estimate of drug-likeness (QED) is 0.592. The molecular formula is C22H22Cl3NO. The van der Waals surface area contributed by atoms with Crippen LogP contribution in [0.15, 0.2) is 42.5 Å². The van der Waals surface area contributed by atoms with Crippen LogP contribution >= 0.6 is 34.8 Å². The molecule has 5 atom stereocenters. The Labute approximate surface area is 175 Å². The van der Waals surface area contributed by atoms with Gasteiger partial charge < -0.3 is 5.32 Å². The van der Waals surface area contributed by atoms with Gasteiger partial charge in [0.1, 0.15) is 0 Å². The van der Waals surface area contributed by atoms with Gasteiger partial charge in [-0.15, -0.1) is 0 Å². The molecule has 0 aromatic heterocycles. The summed E-state index contributed by atoms with van der Waals surface area (Å²) in [6.07, 6.45) is 1.75. The van der Waals surface area contributed by atoms with Crippen LogP contribution in [0.3, 0.4) is 0 Å². The van der Waals surface area contributed by atoms with E-state index in [0.717, 1.165) is 18.4 Å². The second kappa shape index (κ2) is 6.99. The molecule has 1 aliphatic carbocycles. The molecule has 2 aromatic rings. The number of rotatable bonds is 2. The third kappa shape index (κ3) is 3.16. The largest absolute Gasteiger partial charge is 0.353 e. The highest BCUT2D eigenvalue weighted by molar-refractivity contribution is 6.35. The molecule has 0 radical (unpaired) electrons. The van der Waals surface area contributed by atoms with Crippen LogP contribution in [0.4, 0.5) is 0 Å². The predicted octanol–water partition coefficient (Wildman–Crippen LogP) is 6.45. The second-order valence-electron chi connectivity index (χ2n) is 8.09. The van der Waals surface area contributed by atoms with E-state index >= 15 is 0 Å². The van der Waals surface area contributed by atoms with Crippen LogP contribution in [0.5, 0.6) is 0 Å². The maximum absolute atomic E-state index is 12.8. The Hall–Kier alpha value is -1.22. The van der Waals surface area contributed by atoms with Crippen molar-refractivity contribution in [3.05, 3.63) is 68.7 Å². The lowest BCUT2D eigenvalue weighted by molar-refractivity contribution is -0.129. The van der Waals surface area contributed by atoms with Gasteiger partial charge >= 0.3 is 0 Å². The summed E-state index contributed by atoms with van der Waals surface area (Å²) in [7, 11) is 0. The normalized spacial score (nSPS) is 32.9. The molecular weight excluding hydrogens is 401 g/mol. The van der Waals surface area contributed by atoms with Gasteiger partial charge in [-0.2, -0.15) is 0 Å². The minimum Gasteiger partial charge on any atom is -0.353 e. The van der Waals surface area contributed by atoms with E-state index in [1.165, 1.54) is 5.56 Å². The van der Waals surface area contributed by atoms with Crippen molar-refractivity contribution in [3.8, 4) is 0 Å². The zero-order valence-corrected chi connectivity index (χ0v) is 17.6. The van der Waals surface area contributed by atoms with Crippen LogP contribution in [-0.4, -0.2) is 11.9 Å². The summed E-state index contributed by atoms with van der Waals surface area (Å²) in [5.74, 6) is 0.758. The summed E-state index contributed by atoms with van der Waals surface area (Å²) in [6, 6.07) is 13.9. The molecule has 1 heterocycles. The molecule has 142 valence electrons. The van der Waals surface area contributed by atoms with Crippen molar-refractivity contribution < 1.29 is 4.79 Å². The first-order chi connectivity index (χ1) is 12.8. The summed E-state index contributed by atoms with van der Waals surface area (Å²) < 4.78 is 0. The third-order valence-electron chi connectivity index (χ3n) is 6.56. The lowest BCUT2D eigenvalue weighted by atomic mass is 9.56. The molecule has 4 rings (SSSR count). The Morgan fingerprint density at radius 2 is 1.70 bits per heavy atom. The van der Waals surface area contributed by atoms with Crippen molar-refractivity contribution in [1.29, 1.82) is 0 Å². The van der Waals surface area contributed by atoms with Crippen LogP contribution in [0.25, 0.3) is 0 Å². The van der Waals surface area contributed by atoms with Gasteiger partial charge in [0.25, 0.3) is 0 Å². The Bertz CT molecular complexity index is 882. The van der Waals surface area contributed by atoms with Crippen molar-refractivity contribution in [2.45, 2.75) is 44.6 Å². The monoisotopic (exact) mass is 421 g/mol. The molecule has 27 heavy (non-hydrogen) atoms. The van der Waals surface area contributed by atoms with Crippen LogP contribution < -0.4 is 5.32 Å². The lowest BCUT2D eigenvalue weighted by Crippen LogP contribution is -2.42. The Balaban J connectivity index is 1.85. The molecule has 1 amide bonds. The van der Waals surface area contributed by atoms with Crippen LogP contribution in [0, 0.1) is 11.3 Å². The molecule has 1 N–H and O–H groups in total. The first-order valence-corrected chi connectivity index (χ1v) is 10.5. The minimum atomic E-state index is -0.362. The molecule has 2 aliphatic rings. The number of hydrogen-bond acceptors (Lipinski definition) is 1. The van der Waals surface area contributed by atoms with Gasteiger partial charge in [0.05, 0.1) is 5.41 Å². The lowest BCUT2D eigenvalue weighted by Gasteiger charge is -2.46. The molecule has 1 saturated carbocycles. The van der Waals surface area contributed by atoms with Gasteiger partial charge in [0.15, 0.2) is 0 Å². The Kier molecular flexibility index (Phi) is 4.95. The average Bonchev–Trinajstić information content (AvgIpc) is 2.85. The van der Waals surface area contributed by atoms with E-state index in [1.807, 2.05) is 30.3 Å². The van der Waals surface area contributed by atoms with Crippen LogP contribution in [0.1, 0.15) is 49.7 Å². The summed E-state index contributed by atoms with van der Waals surface area (Å²) in [5.41, 5.74) is 1.95. The zero-order valence-electron chi connectivity index (χ0n) is 15.3. The van der Waals surface area contributed by atoms with E-state index in [9.17, 15) is 4.79 Å². The topological polar surface area (TPSA) is 29.1 Å². The highest BCUT2D eigenvalue weighted by atomic mass is 35.5. The SMILES string of the molecule is CC1NC(=O)C2(C)CCC(c3ccc(Cl)cc3Cl)C(c3ccc(Cl)cc3)C12. The average molecular weight is 423 g/mol. The number of benzene rings is 2. The first kappa shape index (κ1) is 19.1. The predicted molar refractivity (Wildman–Crippen MR) is 112 cm³/mol. The fourth-order valence-corrected chi connectivity index (χ4v) is 5.99. The van der Waals surface area contributed by atoms with E-state index < -0.39 is 0 Å². The smallest absolute Gasteiger partial charge is 0.226 e. The fraction of sp³-hybridized carbons (Fsp3) is 0.409. The highest BCUT2D eigenvalue weighted by Crippen LogP contribution is 2.59. The maximum atomic E-state index is 12.8. The summed E-state index contributed by atoms with van der Waals surface area (Å²) >= 11 is 18.9. The Morgan fingerprint density at radius 1 is 1.04 bits per heavy atom. The zero-order chi connectivity index (χ0) is 19.3. The van der Waals surface area contributed by atoms with Gasteiger partial charge in [0, 0.05) is 27.0 Å².